The molecule has 3 aliphatic rings. The summed E-state index contributed by atoms with van der Waals surface area (Å²) in [5.74, 6) is -1.38. The van der Waals surface area contributed by atoms with Crippen molar-refractivity contribution >= 4 is 29.5 Å². The summed E-state index contributed by atoms with van der Waals surface area (Å²) in [6, 6.07) is -0.656. The van der Waals surface area contributed by atoms with E-state index in [2.05, 4.69) is 31.4 Å². The molecule has 0 radical (unpaired) electrons. The van der Waals surface area contributed by atoms with Crippen LogP contribution in [0.3, 0.4) is 0 Å². The van der Waals surface area contributed by atoms with Crippen LogP contribution in [0.15, 0.2) is 0 Å². The quantitative estimate of drug-likeness (QED) is 0.593. The Balaban J connectivity index is 1.93. The fourth-order valence-electron chi connectivity index (χ4n) is 6.04. The van der Waals surface area contributed by atoms with Crippen LogP contribution in [-0.2, 0) is 14.4 Å². The molecule has 7 nitrogen and oxygen atoms in total. The molecular weight excluding hydrogens is 390 g/mol. The van der Waals surface area contributed by atoms with Crippen molar-refractivity contribution in [2.45, 2.75) is 75.5 Å². The fraction of sp³-hybridized carbons (Fsp3) is 0.857. The smallest absolute Gasteiger partial charge is 0.244 e. The van der Waals surface area contributed by atoms with Crippen molar-refractivity contribution in [2.24, 2.45) is 17.3 Å². The minimum absolute atomic E-state index is 0.0404. The van der Waals surface area contributed by atoms with Gasteiger partial charge >= 0.3 is 0 Å². The second-order valence-corrected chi connectivity index (χ2v) is 12.1. The number of thioether (sulfide) groups is 1. The van der Waals surface area contributed by atoms with Crippen LogP contribution < -0.4 is 10.6 Å². The predicted molar refractivity (Wildman–Crippen MR) is 113 cm³/mol. The van der Waals surface area contributed by atoms with E-state index in [-0.39, 0.29) is 41.5 Å². The summed E-state index contributed by atoms with van der Waals surface area (Å²) in [4.78, 5) is 41.0. The van der Waals surface area contributed by atoms with Gasteiger partial charge in [0.1, 0.15) is 6.04 Å². The number of nitrogens with zero attached hydrogens (tertiary/aromatic N) is 1. The number of rotatable bonds is 6. The fourth-order valence-corrected chi connectivity index (χ4v) is 8.26. The van der Waals surface area contributed by atoms with E-state index < -0.39 is 28.2 Å². The Bertz CT molecular complexity index is 705. The molecule has 164 valence electrons. The highest BCUT2D eigenvalue weighted by Gasteiger charge is 2.73. The number of hydrogen-bond donors (Lipinski definition) is 3. The minimum atomic E-state index is -0.656. The van der Waals surface area contributed by atoms with Gasteiger partial charge in [0.05, 0.1) is 23.2 Å². The van der Waals surface area contributed by atoms with Crippen molar-refractivity contribution < 1.29 is 19.5 Å². The first-order valence-corrected chi connectivity index (χ1v) is 11.4. The lowest BCUT2D eigenvalue weighted by molar-refractivity contribution is -0.140. The van der Waals surface area contributed by atoms with Gasteiger partial charge in [0.25, 0.3) is 0 Å². The first kappa shape index (κ1) is 22.4. The van der Waals surface area contributed by atoms with Crippen LogP contribution in [0.1, 0.15) is 53.9 Å². The summed E-state index contributed by atoms with van der Waals surface area (Å²) in [6.45, 7) is 10.3. The molecule has 5 atom stereocenters. The third-order valence-corrected chi connectivity index (χ3v) is 8.32. The van der Waals surface area contributed by atoms with Crippen molar-refractivity contribution in [3.8, 4) is 0 Å². The van der Waals surface area contributed by atoms with E-state index in [1.54, 1.807) is 18.8 Å². The Hall–Kier alpha value is -1.28. The molecular formula is C21H35N3O4S. The molecule has 29 heavy (non-hydrogen) atoms. The van der Waals surface area contributed by atoms with Crippen LogP contribution in [0.5, 0.6) is 0 Å². The van der Waals surface area contributed by atoms with Crippen molar-refractivity contribution in [1.29, 1.82) is 0 Å². The second kappa shape index (κ2) is 7.45. The number of aliphatic hydroxyl groups excluding tert-OH is 1. The lowest BCUT2D eigenvalue weighted by Crippen LogP contribution is -2.58. The van der Waals surface area contributed by atoms with E-state index in [0.717, 1.165) is 19.3 Å². The summed E-state index contributed by atoms with van der Waals surface area (Å²) in [5, 5.41) is 15.5. The van der Waals surface area contributed by atoms with Gasteiger partial charge in [-0.05, 0) is 38.5 Å². The van der Waals surface area contributed by atoms with E-state index >= 15 is 0 Å². The molecule has 3 heterocycles. The van der Waals surface area contributed by atoms with Gasteiger partial charge in [-0.3, -0.25) is 14.4 Å². The summed E-state index contributed by atoms with van der Waals surface area (Å²) in [5.41, 5.74) is -0.391. The predicted octanol–water partition coefficient (Wildman–Crippen LogP) is 1.15. The number of carbonyl (C=O) groups is 3. The molecule has 3 rings (SSSR count). The minimum Gasteiger partial charge on any atom is -0.395 e. The van der Waals surface area contributed by atoms with Gasteiger partial charge in [-0.2, -0.15) is 0 Å². The molecule has 0 aromatic rings. The monoisotopic (exact) mass is 425 g/mol. The van der Waals surface area contributed by atoms with Crippen LogP contribution in [0.25, 0.3) is 0 Å². The molecule has 0 aliphatic carbocycles. The van der Waals surface area contributed by atoms with Gasteiger partial charge in [-0.15, -0.1) is 11.8 Å². The number of hydrogen-bond acceptors (Lipinski definition) is 5. The normalized spacial score (nSPS) is 33.8. The van der Waals surface area contributed by atoms with Gasteiger partial charge in [-0.25, -0.2) is 0 Å². The molecule has 2 bridgehead atoms. The first-order valence-electron chi connectivity index (χ1n) is 10.5. The topological polar surface area (TPSA) is 98.7 Å². The Morgan fingerprint density at radius 2 is 1.90 bits per heavy atom. The summed E-state index contributed by atoms with van der Waals surface area (Å²) >= 11 is 1.64. The van der Waals surface area contributed by atoms with Gasteiger partial charge < -0.3 is 20.6 Å². The molecule has 2 unspecified atom stereocenters. The van der Waals surface area contributed by atoms with Gasteiger partial charge in [-0.1, -0.05) is 20.8 Å². The highest BCUT2D eigenvalue weighted by molar-refractivity contribution is 8.02. The van der Waals surface area contributed by atoms with E-state index in [1.807, 2.05) is 13.8 Å². The maximum Gasteiger partial charge on any atom is 0.244 e. The molecule has 3 N–H and O–H groups in total. The molecule has 8 heteroatoms. The number of fused-ring (bicyclic) bond motifs is 1. The molecule has 0 aromatic carbocycles. The first-order chi connectivity index (χ1) is 13.4. The van der Waals surface area contributed by atoms with Crippen molar-refractivity contribution in [3.63, 3.8) is 0 Å². The summed E-state index contributed by atoms with van der Waals surface area (Å²) in [6.07, 6.45) is 2.36. The zero-order valence-electron chi connectivity index (χ0n) is 18.4. The van der Waals surface area contributed by atoms with Crippen molar-refractivity contribution in [3.05, 3.63) is 0 Å². The van der Waals surface area contributed by atoms with Crippen LogP contribution in [0.2, 0.25) is 0 Å². The van der Waals surface area contributed by atoms with Crippen LogP contribution in [0, 0.1) is 17.3 Å². The Morgan fingerprint density at radius 3 is 2.45 bits per heavy atom. The van der Waals surface area contributed by atoms with Gasteiger partial charge in [0, 0.05) is 24.4 Å². The largest absolute Gasteiger partial charge is 0.395 e. The highest BCUT2D eigenvalue weighted by atomic mass is 32.2. The third kappa shape index (κ3) is 3.78. The average molecular weight is 426 g/mol. The number of carbonyl (C=O) groups excluding carboxylic acids is 3. The molecule has 3 amide bonds. The van der Waals surface area contributed by atoms with E-state index in [1.165, 1.54) is 4.90 Å². The van der Waals surface area contributed by atoms with E-state index in [0.29, 0.717) is 0 Å². The summed E-state index contributed by atoms with van der Waals surface area (Å²) < 4.78 is -0.587. The van der Waals surface area contributed by atoms with Crippen molar-refractivity contribution in [1.82, 2.24) is 15.5 Å². The average Bonchev–Trinajstić information content (AvgIpc) is 3.20. The summed E-state index contributed by atoms with van der Waals surface area (Å²) in [7, 11) is 1.59. The maximum atomic E-state index is 13.5. The van der Waals surface area contributed by atoms with Crippen LogP contribution in [0.4, 0.5) is 0 Å². The Kier molecular flexibility index (Phi) is 5.75. The standard InChI is InChI=1S/C21H35N3O4S/c1-19(2,3)11-20(4,5)23-17(27)15-21-8-7-12(29-21)13(16(26)22-6)14(21)18(28)24(15)9-10-25/h12-15,25H,7-11H2,1-6H3,(H,22,26)(H,23,27)/t12-,13+,14+,15?,21?/m1/s1. The zero-order chi connectivity index (χ0) is 21.8. The molecule has 0 aromatic heterocycles. The maximum absolute atomic E-state index is 13.5. The van der Waals surface area contributed by atoms with Crippen molar-refractivity contribution in [2.75, 3.05) is 20.2 Å². The van der Waals surface area contributed by atoms with Crippen LogP contribution >= 0.6 is 11.8 Å². The lowest BCUT2D eigenvalue weighted by Gasteiger charge is -2.38. The number of amides is 3. The number of nitrogens with one attached hydrogen (secondary N) is 2. The molecule has 3 saturated heterocycles. The SMILES string of the molecule is CNC(=O)[C@@H]1[C@H]2C(=O)N(CCO)C(C(=O)NC(C)(C)CC(C)(C)C)C23CC[C@H]1S3. The van der Waals surface area contributed by atoms with E-state index in [9.17, 15) is 19.5 Å². The number of likely N-dealkylation sites (tertiary alicyclic amines) is 1. The number of β-amino-alcohol motifs (C(OH)–C–C–N with tert-alkyl or cyclic N) is 1. The Labute approximate surface area is 177 Å². The Morgan fingerprint density at radius 1 is 1.24 bits per heavy atom. The highest BCUT2D eigenvalue weighted by Crippen LogP contribution is 2.66. The van der Waals surface area contributed by atoms with Crippen LogP contribution in [-0.4, -0.2) is 69.5 Å². The lowest BCUT2D eigenvalue weighted by atomic mass is 9.70. The molecule has 0 saturated carbocycles. The molecule has 1 spiro atoms. The van der Waals surface area contributed by atoms with E-state index in [4.69, 9.17) is 0 Å². The number of aliphatic hydroxyl groups is 1. The molecule has 3 fully saturated rings. The van der Waals surface area contributed by atoms with Gasteiger partial charge in [0.2, 0.25) is 17.7 Å². The van der Waals surface area contributed by atoms with Gasteiger partial charge in [0.15, 0.2) is 0 Å². The third-order valence-electron chi connectivity index (χ3n) is 6.37. The zero-order valence-corrected chi connectivity index (χ0v) is 19.2. The molecule has 3 aliphatic heterocycles. The second-order valence-electron chi connectivity index (χ2n) is 10.5.